The Hall–Kier alpha value is 0.454. The van der Waals surface area contributed by atoms with E-state index in [0.29, 0.717) is 0 Å². The van der Waals surface area contributed by atoms with Crippen molar-refractivity contribution in [3.8, 4) is 0 Å². The SMILES string of the molecule is [C-]1=CCCC1.[CH3-].[CH3-].[CH3-].[CH3-].[CH3-].[Ti]. The van der Waals surface area contributed by atoms with E-state index in [-0.39, 0.29) is 58.9 Å². The summed E-state index contributed by atoms with van der Waals surface area (Å²) in [4.78, 5) is 0. The molecular weight excluding hydrogens is 168 g/mol. The van der Waals surface area contributed by atoms with Crippen molar-refractivity contribution in [2.45, 2.75) is 19.3 Å². The molecule has 0 saturated carbocycles. The molecule has 0 saturated heterocycles. The molecule has 0 aliphatic heterocycles. The van der Waals surface area contributed by atoms with Gasteiger partial charge in [0.1, 0.15) is 0 Å². The Labute approximate surface area is 90.4 Å². The number of allylic oxidation sites excluding steroid dienone is 2. The zero-order valence-corrected chi connectivity index (χ0v) is 10.3. The van der Waals surface area contributed by atoms with Crippen molar-refractivity contribution in [3.63, 3.8) is 0 Å². The largest absolute Gasteiger partial charge is 0.501 e. The Morgan fingerprint density at radius 2 is 1.36 bits per heavy atom. The minimum absolute atomic E-state index is 0. The molecule has 0 atom stereocenters. The first-order valence-electron chi connectivity index (χ1n) is 2.05. The molecule has 0 aromatic rings. The van der Waals surface area contributed by atoms with Crippen molar-refractivity contribution in [1.82, 2.24) is 0 Å². The van der Waals surface area contributed by atoms with Crippen LogP contribution in [0.5, 0.6) is 0 Å². The maximum absolute atomic E-state index is 3.10. The normalized spacial score (nSPS) is 9.45. The fraction of sp³-hybridized carbons (Fsp3) is 0.300. The van der Waals surface area contributed by atoms with Crippen LogP contribution in [0.3, 0.4) is 0 Å². The Morgan fingerprint density at radius 3 is 1.45 bits per heavy atom. The molecule has 0 spiro atoms. The first-order chi connectivity index (χ1) is 2.50. The Kier molecular flexibility index (Phi) is 120. The van der Waals surface area contributed by atoms with Crippen LogP contribution in [0, 0.1) is 43.2 Å². The number of hydrogen-bond donors (Lipinski definition) is 0. The van der Waals surface area contributed by atoms with Gasteiger partial charge in [-0.1, -0.05) is 12.8 Å². The summed E-state index contributed by atoms with van der Waals surface area (Å²) in [5.74, 6) is 0. The van der Waals surface area contributed by atoms with E-state index in [4.69, 9.17) is 0 Å². The van der Waals surface area contributed by atoms with Gasteiger partial charge in [-0.15, -0.1) is 0 Å². The minimum atomic E-state index is 0. The van der Waals surface area contributed by atoms with Gasteiger partial charge in [0.2, 0.25) is 0 Å². The third kappa shape index (κ3) is 25.1. The molecule has 0 aromatic heterocycles. The van der Waals surface area contributed by atoms with E-state index in [1.807, 2.05) is 0 Å². The van der Waals surface area contributed by atoms with Gasteiger partial charge in [-0.2, -0.15) is 6.42 Å². The molecule has 0 aromatic carbocycles. The predicted molar refractivity (Wildman–Crippen MR) is 53.7 cm³/mol. The van der Waals surface area contributed by atoms with Crippen molar-refractivity contribution in [2.75, 3.05) is 0 Å². The second-order valence-corrected chi connectivity index (χ2v) is 1.30. The molecule has 0 fully saturated rings. The maximum Gasteiger partial charge on any atom is 0 e. The van der Waals surface area contributed by atoms with Gasteiger partial charge >= 0.3 is 0 Å². The monoisotopic (exact) mass is 190 g/mol. The van der Waals surface area contributed by atoms with Crippen LogP contribution >= 0.6 is 0 Å². The summed E-state index contributed by atoms with van der Waals surface area (Å²) in [6, 6.07) is 0. The quantitative estimate of drug-likeness (QED) is 0.402. The van der Waals surface area contributed by atoms with Crippen LogP contribution in [0.25, 0.3) is 0 Å². The van der Waals surface area contributed by atoms with Gasteiger partial charge in [0, 0.05) is 21.7 Å². The fourth-order valence-electron chi connectivity index (χ4n) is 0.510. The van der Waals surface area contributed by atoms with Gasteiger partial charge in [0.05, 0.1) is 0 Å². The maximum atomic E-state index is 3.10. The molecule has 11 heavy (non-hydrogen) atoms. The van der Waals surface area contributed by atoms with Gasteiger partial charge in [-0.3, -0.25) is 6.08 Å². The Balaban J connectivity index is -0.0000000104. The zero-order valence-electron chi connectivity index (χ0n) is 8.70. The standard InChI is InChI=1S/C5H7.5CH3.Ti/c1-2-4-5-3-1;;;;;;/h1H,2,4-5H2;5*1H3;/q6*-1;. The second kappa shape index (κ2) is 31.4. The van der Waals surface area contributed by atoms with Crippen LogP contribution in [0.15, 0.2) is 6.08 Å². The average molecular weight is 190 g/mol. The van der Waals surface area contributed by atoms with Crippen molar-refractivity contribution in [2.24, 2.45) is 0 Å². The summed E-state index contributed by atoms with van der Waals surface area (Å²) in [6.45, 7) is 0. The molecule has 0 radical (unpaired) electrons. The molecule has 1 aliphatic rings. The number of hydrogen-bond acceptors (Lipinski definition) is 0. The molecule has 0 N–H and O–H groups in total. The smallest absolute Gasteiger partial charge is 0 e. The van der Waals surface area contributed by atoms with Gasteiger partial charge in [0.25, 0.3) is 0 Å². The average Bonchev–Trinajstić information content (AvgIpc) is 1.76. The summed E-state index contributed by atoms with van der Waals surface area (Å²) in [7, 11) is 0. The second-order valence-electron chi connectivity index (χ2n) is 1.30. The van der Waals surface area contributed by atoms with Crippen LogP contribution in [-0.2, 0) is 21.7 Å². The van der Waals surface area contributed by atoms with E-state index >= 15 is 0 Å². The van der Waals surface area contributed by atoms with E-state index < -0.39 is 0 Å². The van der Waals surface area contributed by atoms with E-state index in [9.17, 15) is 0 Å². The third-order valence-corrected chi connectivity index (χ3v) is 0.814. The van der Waals surface area contributed by atoms with E-state index in [2.05, 4.69) is 12.2 Å². The van der Waals surface area contributed by atoms with Crippen LogP contribution in [0.4, 0.5) is 0 Å². The predicted octanol–water partition coefficient (Wildman–Crippen LogP) is 3.78. The summed E-state index contributed by atoms with van der Waals surface area (Å²) >= 11 is 0. The molecular formula is C10H22Ti-6. The summed E-state index contributed by atoms with van der Waals surface area (Å²) in [6.07, 6.45) is 9.00. The molecule has 72 valence electrons. The van der Waals surface area contributed by atoms with Gasteiger partial charge in [-0.05, 0) is 0 Å². The molecule has 1 heteroatoms. The minimum Gasteiger partial charge on any atom is -0.501 e. The molecule has 1 aliphatic carbocycles. The van der Waals surface area contributed by atoms with Gasteiger partial charge in [0.15, 0.2) is 0 Å². The topological polar surface area (TPSA) is 0 Å². The van der Waals surface area contributed by atoms with E-state index in [0.717, 1.165) is 0 Å². The molecule has 0 unspecified atom stereocenters. The molecule has 1 rings (SSSR count). The van der Waals surface area contributed by atoms with Gasteiger partial charge < -0.3 is 43.2 Å². The van der Waals surface area contributed by atoms with Crippen LogP contribution < -0.4 is 0 Å². The number of rotatable bonds is 0. The van der Waals surface area contributed by atoms with E-state index in [1.165, 1.54) is 19.3 Å². The summed E-state index contributed by atoms with van der Waals surface area (Å²) in [5, 5.41) is 0. The first-order valence-corrected chi connectivity index (χ1v) is 2.05. The van der Waals surface area contributed by atoms with Crippen molar-refractivity contribution in [1.29, 1.82) is 0 Å². The molecule has 0 heterocycles. The first kappa shape index (κ1) is 42.1. The molecule has 0 nitrogen and oxygen atoms in total. The molecule has 0 amide bonds. The summed E-state index contributed by atoms with van der Waals surface area (Å²) in [5.41, 5.74) is 0. The van der Waals surface area contributed by atoms with Crippen LogP contribution in [0.1, 0.15) is 19.3 Å². The van der Waals surface area contributed by atoms with Crippen LogP contribution in [0.2, 0.25) is 0 Å². The molecule has 0 bridgehead atoms. The van der Waals surface area contributed by atoms with Crippen molar-refractivity contribution >= 4 is 0 Å². The fourth-order valence-corrected chi connectivity index (χ4v) is 0.510. The van der Waals surface area contributed by atoms with Gasteiger partial charge in [-0.25, -0.2) is 0 Å². The Morgan fingerprint density at radius 1 is 0.909 bits per heavy atom. The van der Waals surface area contributed by atoms with E-state index in [1.54, 1.807) is 0 Å². The third-order valence-electron chi connectivity index (χ3n) is 0.814. The summed E-state index contributed by atoms with van der Waals surface area (Å²) < 4.78 is 0. The Bertz CT molecular complexity index is 42.8. The zero-order chi connectivity index (χ0) is 3.54. The van der Waals surface area contributed by atoms with Crippen molar-refractivity contribution in [3.05, 3.63) is 49.3 Å². The van der Waals surface area contributed by atoms with Crippen molar-refractivity contribution < 1.29 is 21.7 Å². The van der Waals surface area contributed by atoms with Crippen LogP contribution in [-0.4, -0.2) is 0 Å².